The molecule has 0 radical (unpaired) electrons. The first-order valence-electron chi connectivity index (χ1n) is 9.25. The molecule has 0 amide bonds. The van der Waals surface area contributed by atoms with Gasteiger partial charge in [-0.15, -0.1) is 0 Å². The summed E-state index contributed by atoms with van der Waals surface area (Å²) in [5.41, 5.74) is 4.34. The van der Waals surface area contributed by atoms with Gasteiger partial charge in [0.15, 0.2) is 0 Å². The Labute approximate surface area is 172 Å². The van der Waals surface area contributed by atoms with Crippen LogP contribution in [0, 0.1) is 0 Å². The van der Waals surface area contributed by atoms with E-state index in [1.54, 1.807) is 7.11 Å². The van der Waals surface area contributed by atoms with Crippen LogP contribution in [-0.4, -0.2) is 17.8 Å². The molecular weight excluding hydrogens is 416 g/mol. The predicted octanol–water partition coefficient (Wildman–Crippen LogP) is 5.70. The molecule has 0 fully saturated rings. The highest BCUT2D eigenvalue weighted by Gasteiger charge is 2.41. The SMILES string of the molecule is COc1ccccc1[C@H]1Oc2ccc(Br)cc2[C@@H]2CC(c3ccccc3)=NN12. The number of methoxy groups -OCH3 is 1. The smallest absolute Gasteiger partial charge is 0.217 e. The van der Waals surface area contributed by atoms with E-state index in [4.69, 9.17) is 14.6 Å². The number of ether oxygens (including phenoxy) is 2. The molecule has 2 heterocycles. The van der Waals surface area contributed by atoms with Crippen molar-refractivity contribution in [3.63, 3.8) is 0 Å². The number of halogens is 1. The second-order valence-electron chi connectivity index (χ2n) is 6.91. The first kappa shape index (κ1) is 17.3. The molecule has 0 unspecified atom stereocenters. The van der Waals surface area contributed by atoms with Crippen LogP contribution in [-0.2, 0) is 0 Å². The Morgan fingerprint density at radius 2 is 1.79 bits per heavy atom. The highest BCUT2D eigenvalue weighted by Crippen LogP contribution is 2.49. The van der Waals surface area contributed by atoms with Crippen LogP contribution < -0.4 is 9.47 Å². The predicted molar refractivity (Wildman–Crippen MR) is 113 cm³/mol. The minimum atomic E-state index is -0.337. The van der Waals surface area contributed by atoms with Gasteiger partial charge in [0.2, 0.25) is 6.23 Å². The Kier molecular flexibility index (Phi) is 4.32. The van der Waals surface area contributed by atoms with Gasteiger partial charge < -0.3 is 9.47 Å². The highest BCUT2D eigenvalue weighted by atomic mass is 79.9. The maximum Gasteiger partial charge on any atom is 0.217 e. The van der Waals surface area contributed by atoms with Crippen molar-refractivity contribution in [3.8, 4) is 11.5 Å². The largest absolute Gasteiger partial charge is 0.496 e. The Morgan fingerprint density at radius 3 is 2.61 bits per heavy atom. The van der Waals surface area contributed by atoms with E-state index in [2.05, 4.69) is 39.1 Å². The van der Waals surface area contributed by atoms with E-state index in [-0.39, 0.29) is 12.3 Å². The fourth-order valence-corrected chi connectivity index (χ4v) is 4.32. The summed E-state index contributed by atoms with van der Waals surface area (Å²) in [7, 11) is 1.69. The standard InChI is InChI=1S/C23H19BrN2O2/c1-27-21-10-6-5-9-17(21)23-26-20(18-13-16(24)11-12-22(18)28-23)14-19(25-26)15-7-3-2-4-8-15/h2-13,20,23H,14H2,1H3/t20-,23+/m0/s1. The van der Waals surface area contributed by atoms with Crippen molar-refractivity contribution in [2.45, 2.75) is 18.7 Å². The van der Waals surface area contributed by atoms with Crippen molar-refractivity contribution in [1.82, 2.24) is 5.01 Å². The number of hydrogen-bond acceptors (Lipinski definition) is 4. The van der Waals surface area contributed by atoms with Crippen molar-refractivity contribution in [1.29, 1.82) is 0 Å². The van der Waals surface area contributed by atoms with Crippen LogP contribution in [0.1, 0.15) is 35.4 Å². The van der Waals surface area contributed by atoms with Gasteiger partial charge in [-0.05, 0) is 35.9 Å². The molecule has 3 aromatic rings. The lowest BCUT2D eigenvalue weighted by Gasteiger charge is -2.38. The summed E-state index contributed by atoms with van der Waals surface area (Å²) in [5.74, 6) is 1.69. The molecule has 5 heteroatoms. The summed E-state index contributed by atoms with van der Waals surface area (Å²) in [6.07, 6.45) is 0.499. The third-order valence-corrected chi connectivity index (χ3v) is 5.76. The lowest BCUT2D eigenvalue weighted by molar-refractivity contribution is -0.0203. The summed E-state index contributed by atoms with van der Waals surface area (Å²) in [6, 6.07) is 24.6. The normalized spacial score (nSPS) is 20.1. The summed E-state index contributed by atoms with van der Waals surface area (Å²) in [4.78, 5) is 0. The number of hydrazone groups is 1. The molecular formula is C23H19BrN2O2. The zero-order chi connectivity index (χ0) is 19.1. The summed E-state index contributed by atoms with van der Waals surface area (Å²) in [6.45, 7) is 0. The lowest BCUT2D eigenvalue weighted by atomic mass is 9.96. The van der Waals surface area contributed by atoms with Gasteiger partial charge in [-0.2, -0.15) is 5.10 Å². The molecule has 2 aliphatic heterocycles. The van der Waals surface area contributed by atoms with Gasteiger partial charge in [0.1, 0.15) is 11.5 Å². The van der Waals surface area contributed by atoms with Crippen molar-refractivity contribution in [3.05, 3.63) is 94.0 Å². The molecule has 0 aliphatic carbocycles. The summed E-state index contributed by atoms with van der Waals surface area (Å²) in [5, 5.41) is 7.07. The number of rotatable bonds is 3. The highest BCUT2D eigenvalue weighted by molar-refractivity contribution is 9.10. The van der Waals surface area contributed by atoms with Gasteiger partial charge in [-0.1, -0.05) is 58.4 Å². The Hall–Kier alpha value is -2.79. The van der Waals surface area contributed by atoms with E-state index in [9.17, 15) is 0 Å². The fourth-order valence-electron chi connectivity index (χ4n) is 3.94. The second-order valence-corrected chi connectivity index (χ2v) is 7.82. The molecule has 2 atom stereocenters. The molecule has 0 N–H and O–H groups in total. The van der Waals surface area contributed by atoms with E-state index in [1.165, 1.54) is 0 Å². The minimum absolute atomic E-state index is 0.117. The fraction of sp³-hybridized carbons (Fsp3) is 0.174. The first-order chi connectivity index (χ1) is 13.7. The van der Waals surface area contributed by atoms with Gasteiger partial charge in [0, 0.05) is 16.5 Å². The van der Waals surface area contributed by atoms with Crippen molar-refractivity contribution in [2.24, 2.45) is 5.10 Å². The van der Waals surface area contributed by atoms with Crippen molar-refractivity contribution >= 4 is 21.6 Å². The number of fused-ring (bicyclic) bond motifs is 3. The third-order valence-electron chi connectivity index (χ3n) is 5.26. The number of hydrogen-bond donors (Lipinski definition) is 0. The maximum atomic E-state index is 6.43. The number of benzene rings is 3. The molecule has 0 saturated heterocycles. The van der Waals surface area contributed by atoms with Crippen LogP contribution in [0.5, 0.6) is 11.5 Å². The molecule has 28 heavy (non-hydrogen) atoms. The van der Waals surface area contributed by atoms with Crippen LogP contribution >= 0.6 is 15.9 Å². The van der Waals surface area contributed by atoms with E-state index in [0.717, 1.165) is 44.8 Å². The quantitative estimate of drug-likeness (QED) is 0.529. The summed E-state index contributed by atoms with van der Waals surface area (Å²) >= 11 is 3.60. The van der Waals surface area contributed by atoms with Gasteiger partial charge in [-0.3, -0.25) is 0 Å². The molecule has 0 saturated carbocycles. The van der Waals surface area contributed by atoms with E-state index < -0.39 is 0 Å². The average Bonchev–Trinajstić information content (AvgIpc) is 3.20. The molecule has 140 valence electrons. The van der Waals surface area contributed by atoms with Crippen LogP contribution in [0.2, 0.25) is 0 Å². The lowest BCUT2D eigenvalue weighted by Crippen LogP contribution is -2.34. The van der Waals surface area contributed by atoms with Crippen LogP contribution in [0.3, 0.4) is 0 Å². The Morgan fingerprint density at radius 1 is 1.00 bits per heavy atom. The zero-order valence-electron chi connectivity index (χ0n) is 15.4. The Balaban J connectivity index is 1.64. The van der Waals surface area contributed by atoms with Gasteiger partial charge >= 0.3 is 0 Å². The van der Waals surface area contributed by atoms with Gasteiger partial charge in [0.25, 0.3) is 0 Å². The van der Waals surface area contributed by atoms with Gasteiger partial charge in [-0.25, -0.2) is 5.01 Å². The topological polar surface area (TPSA) is 34.1 Å². The average molecular weight is 435 g/mol. The van der Waals surface area contributed by atoms with E-state index >= 15 is 0 Å². The maximum absolute atomic E-state index is 6.43. The summed E-state index contributed by atoms with van der Waals surface area (Å²) < 4.78 is 13.1. The zero-order valence-corrected chi connectivity index (χ0v) is 17.0. The number of nitrogens with zero attached hydrogens (tertiary/aromatic N) is 2. The second kappa shape index (κ2) is 6.99. The number of para-hydroxylation sites is 1. The minimum Gasteiger partial charge on any atom is -0.496 e. The third kappa shape index (κ3) is 2.87. The van der Waals surface area contributed by atoms with E-state index in [1.807, 2.05) is 54.6 Å². The molecule has 0 bridgehead atoms. The van der Waals surface area contributed by atoms with Crippen LogP contribution in [0.25, 0.3) is 0 Å². The van der Waals surface area contributed by atoms with E-state index in [0.29, 0.717) is 0 Å². The van der Waals surface area contributed by atoms with Crippen LogP contribution in [0.15, 0.2) is 82.4 Å². The first-order valence-corrected chi connectivity index (χ1v) is 10.0. The van der Waals surface area contributed by atoms with Crippen LogP contribution in [0.4, 0.5) is 0 Å². The monoisotopic (exact) mass is 434 g/mol. The van der Waals surface area contributed by atoms with Crippen molar-refractivity contribution < 1.29 is 9.47 Å². The molecule has 3 aromatic carbocycles. The molecule has 5 rings (SSSR count). The Bertz CT molecular complexity index is 1050. The molecule has 0 spiro atoms. The molecule has 4 nitrogen and oxygen atoms in total. The molecule has 0 aromatic heterocycles. The molecule has 2 aliphatic rings. The van der Waals surface area contributed by atoms with Gasteiger partial charge in [0.05, 0.1) is 24.4 Å². The van der Waals surface area contributed by atoms with Crippen molar-refractivity contribution in [2.75, 3.05) is 7.11 Å².